The van der Waals surface area contributed by atoms with Crippen LogP contribution in [0.3, 0.4) is 0 Å². The Morgan fingerprint density at radius 1 is 1.11 bits per heavy atom. The summed E-state index contributed by atoms with van der Waals surface area (Å²) in [7, 11) is 0. The Morgan fingerprint density at radius 3 is 2.50 bits per heavy atom. The third-order valence-corrected chi connectivity index (χ3v) is 5.06. The van der Waals surface area contributed by atoms with Crippen LogP contribution in [-0.2, 0) is 22.2 Å². The van der Waals surface area contributed by atoms with Gasteiger partial charge in [-0.1, -0.05) is 36.7 Å². The van der Waals surface area contributed by atoms with Gasteiger partial charge in [-0.25, -0.2) is 0 Å². The van der Waals surface area contributed by atoms with Gasteiger partial charge in [-0.15, -0.1) is 11.8 Å². The molecule has 0 bridgehead atoms. The Hall–Kier alpha value is -2.19. The van der Waals surface area contributed by atoms with Gasteiger partial charge in [-0.2, -0.15) is 13.2 Å². The fourth-order valence-electron chi connectivity index (χ4n) is 2.34. The molecule has 2 aromatic rings. The van der Waals surface area contributed by atoms with Gasteiger partial charge in [0, 0.05) is 10.6 Å². The molecule has 9 heteroatoms. The number of hydrogen-bond donors (Lipinski definition) is 2. The minimum absolute atomic E-state index is 0.127. The average Bonchev–Trinajstić information content (AvgIpc) is 2.65. The van der Waals surface area contributed by atoms with Gasteiger partial charge in [0.25, 0.3) is 0 Å². The van der Waals surface area contributed by atoms with Crippen molar-refractivity contribution in [3.05, 3.63) is 58.6 Å². The van der Waals surface area contributed by atoms with Crippen molar-refractivity contribution in [2.75, 3.05) is 17.6 Å². The Kier molecular flexibility index (Phi) is 7.77. The van der Waals surface area contributed by atoms with Crippen molar-refractivity contribution in [3.8, 4) is 0 Å². The Morgan fingerprint density at radius 2 is 1.82 bits per heavy atom. The molecule has 2 aromatic carbocycles. The number of nitrogens with one attached hydrogen (secondary N) is 2. The van der Waals surface area contributed by atoms with Crippen molar-refractivity contribution in [2.24, 2.45) is 0 Å². The number of amides is 2. The molecule has 0 aliphatic heterocycles. The zero-order valence-electron chi connectivity index (χ0n) is 14.9. The molecule has 0 atom stereocenters. The third kappa shape index (κ3) is 6.45. The van der Waals surface area contributed by atoms with Gasteiger partial charge in [-0.05, 0) is 36.2 Å². The fourth-order valence-corrected chi connectivity index (χ4v) is 3.33. The lowest BCUT2D eigenvalue weighted by molar-refractivity contribution is -0.137. The predicted molar refractivity (Wildman–Crippen MR) is 105 cm³/mol. The summed E-state index contributed by atoms with van der Waals surface area (Å²) in [5.74, 6) is -0.977. The van der Waals surface area contributed by atoms with Crippen molar-refractivity contribution in [3.63, 3.8) is 0 Å². The summed E-state index contributed by atoms with van der Waals surface area (Å²) in [4.78, 5) is 24.1. The maximum atomic E-state index is 12.9. The van der Waals surface area contributed by atoms with Crippen LogP contribution >= 0.6 is 23.4 Å². The highest BCUT2D eigenvalue weighted by Gasteiger charge is 2.33. The van der Waals surface area contributed by atoms with Gasteiger partial charge in [0.05, 0.1) is 22.9 Å². The van der Waals surface area contributed by atoms with Gasteiger partial charge in [-0.3, -0.25) is 9.59 Å². The van der Waals surface area contributed by atoms with E-state index in [0.29, 0.717) is 5.69 Å². The number of hydrogen-bond acceptors (Lipinski definition) is 3. The lowest BCUT2D eigenvalue weighted by Gasteiger charge is -2.11. The second-order valence-corrected chi connectivity index (χ2v) is 7.22. The molecule has 0 radical (unpaired) electrons. The van der Waals surface area contributed by atoms with E-state index in [4.69, 9.17) is 11.6 Å². The van der Waals surface area contributed by atoms with Crippen LogP contribution in [0.4, 0.5) is 18.9 Å². The highest BCUT2D eigenvalue weighted by Crippen LogP contribution is 2.36. The summed E-state index contributed by atoms with van der Waals surface area (Å²) in [6.07, 6.45) is -3.82. The third-order valence-electron chi connectivity index (χ3n) is 3.73. The number of aryl methyl sites for hydroxylation is 1. The molecule has 4 nitrogen and oxygen atoms in total. The molecule has 0 saturated heterocycles. The highest BCUT2D eigenvalue weighted by atomic mass is 35.5. The van der Waals surface area contributed by atoms with Crippen molar-refractivity contribution in [1.29, 1.82) is 0 Å². The smallest absolute Gasteiger partial charge is 0.346 e. The summed E-state index contributed by atoms with van der Waals surface area (Å²) >= 11 is 6.49. The summed E-state index contributed by atoms with van der Waals surface area (Å²) in [6.45, 7) is 1.73. The highest BCUT2D eigenvalue weighted by molar-refractivity contribution is 8.00. The first-order valence-corrected chi connectivity index (χ1v) is 9.71. The van der Waals surface area contributed by atoms with Crippen molar-refractivity contribution < 1.29 is 22.8 Å². The number of thioether (sulfide) groups is 1. The minimum Gasteiger partial charge on any atom is -0.346 e. The zero-order valence-corrected chi connectivity index (χ0v) is 16.5. The van der Waals surface area contributed by atoms with Crippen molar-refractivity contribution >= 4 is 40.9 Å². The molecule has 0 aromatic heterocycles. The first-order chi connectivity index (χ1) is 13.2. The average molecular weight is 431 g/mol. The van der Waals surface area contributed by atoms with Gasteiger partial charge >= 0.3 is 6.18 Å². The van der Waals surface area contributed by atoms with E-state index < -0.39 is 22.7 Å². The normalized spacial score (nSPS) is 11.2. The number of carbonyl (C=O) groups is 2. The van der Waals surface area contributed by atoms with Crippen LogP contribution in [0.15, 0.2) is 47.4 Å². The van der Waals surface area contributed by atoms with Crippen LogP contribution in [0.25, 0.3) is 0 Å². The second-order valence-electron chi connectivity index (χ2n) is 5.76. The van der Waals surface area contributed by atoms with Crippen LogP contribution in [-0.4, -0.2) is 24.1 Å². The number of alkyl halides is 3. The van der Waals surface area contributed by atoms with E-state index in [1.54, 1.807) is 12.1 Å². The monoisotopic (exact) mass is 430 g/mol. The summed E-state index contributed by atoms with van der Waals surface area (Å²) < 4.78 is 38.6. The number of benzene rings is 2. The molecule has 0 aliphatic carbocycles. The number of rotatable bonds is 7. The zero-order chi connectivity index (χ0) is 20.7. The first-order valence-electron chi connectivity index (χ1n) is 8.34. The van der Waals surface area contributed by atoms with E-state index >= 15 is 0 Å². The molecule has 28 heavy (non-hydrogen) atoms. The number of halogens is 4. The lowest BCUT2D eigenvalue weighted by Crippen LogP contribution is -2.34. The Balaban J connectivity index is 1.84. The van der Waals surface area contributed by atoms with Crippen LogP contribution < -0.4 is 10.6 Å². The van der Waals surface area contributed by atoms with Crippen LogP contribution in [0.5, 0.6) is 0 Å². The molecule has 0 heterocycles. The molecular formula is C19H18ClF3N2O2S. The SMILES string of the molecule is CCc1ccccc1NC(=O)CNC(=O)CSc1ccc(Cl)c(C(F)(F)F)c1. The maximum absolute atomic E-state index is 12.9. The molecule has 150 valence electrons. The quantitative estimate of drug-likeness (QED) is 0.622. The van der Waals surface area contributed by atoms with Gasteiger partial charge in [0.2, 0.25) is 11.8 Å². The molecule has 0 unspecified atom stereocenters. The molecular weight excluding hydrogens is 413 g/mol. The van der Waals surface area contributed by atoms with E-state index in [1.807, 2.05) is 19.1 Å². The van der Waals surface area contributed by atoms with E-state index in [2.05, 4.69) is 10.6 Å². The number of carbonyl (C=O) groups excluding carboxylic acids is 2. The molecule has 0 aliphatic rings. The minimum atomic E-state index is -4.57. The molecule has 2 N–H and O–H groups in total. The summed E-state index contributed by atoms with van der Waals surface area (Å²) in [5, 5.41) is 4.77. The molecule has 0 spiro atoms. The second kappa shape index (κ2) is 9.84. The lowest BCUT2D eigenvalue weighted by atomic mass is 10.1. The number of para-hydroxylation sites is 1. The van der Waals surface area contributed by atoms with Gasteiger partial charge < -0.3 is 10.6 Å². The van der Waals surface area contributed by atoms with Crippen molar-refractivity contribution in [1.82, 2.24) is 5.32 Å². The van der Waals surface area contributed by atoms with E-state index in [9.17, 15) is 22.8 Å². The molecule has 0 fully saturated rings. The van der Waals surface area contributed by atoms with E-state index in [0.717, 1.165) is 35.9 Å². The standard InChI is InChI=1S/C19H18ClF3N2O2S/c1-2-12-5-3-4-6-16(12)25-17(26)10-24-18(27)11-28-13-7-8-15(20)14(9-13)19(21,22)23/h3-9H,2,10-11H2,1H3,(H,24,27)(H,25,26). The number of anilines is 1. The van der Waals surface area contributed by atoms with Gasteiger partial charge in [0.1, 0.15) is 0 Å². The molecule has 2 rings (SSSR count). The first kappa shape index (κ1) is 22.1. The Bertz CT molecular complexity index is 859. The van der Waals surface area contributed by atoms with E-state index in [-0.39, 0.29) is 23.1 Å². The van der Waals surface area contributed by atoms with Gasteiger partial charge in [0.15, 0.2) is 0 Å². The fraction of sp³-hybridized carbons (Fsp3) is 0.263. The van der Waals surface area contributed by atoms with Crippen LogP contribution in [0.1, 0.15) is 18.1 Å². The van der Waals surface area contributed by atoms with Crippen LogP contribution in [0.2, 0.25) is 5.02 Å². The Labute approximate surface area is 169 Å². The maximum Gasteiger partial charge on any atom is 0.417 e. The summed E-state index contributed by atoms with van der Waals surface area (Å²) in [6, 6.07) is 10.8. The van der Waals surface area contributed by atoms with Crippen molar-refractivity contribution in [2.45, 2.75) is 24.4 Å². The predicted octanol–water partition coefficient (Wildman–Crippen LogP) is 4.77. The van der Waals surface area contributed by atoms with E-state index in [1.165, 1.54) is 6.07 Å². The molecule has 0 saturated carbocycles. The summed E-state index contributed by atoms with van der Waals surface area (Å²) in [5.41, 5.74) is 0.703. The molecule has 2 amide bonds. The topological polar surface area (TPSA) is 58.2 Å². The largest absolute Gasteiger partial charge is 0.417 e. The van der Waals surface area contributed by atoms with Crippen LogP contribution in [0, 0.1) is 0 Å².